The van der Waals surface area contributed by atoms with Gasteiger partial charge in [-0.3, -0.25) is 0 Å². The van der Waals surface area contributed by atoms with Crippen LogP contribution >= 0.6 is 15.9 Å². The molecule has 0 saturated carbocycles. The van der Waals surface area contributed by atoms with Crippen LogP contribution in [0.1, 0.15) is 17.4 Å². The van der Waals surface area contributed by atoms with Gasteiger partial charge < -0.3 is 14.3 Å². The van der Waals surface area contributed by atoms with Gasteiger partial charge in [0.05, 0.1) is 11.6 Å². The van der Waals surface area contributed by atoms with Gasteiger partial charge >= 0.3 is 0 Å². The molecule has 0 fully saturated rings. The maximum Gasteiger partial charge on any atom is 0.170 e. The van der Waals surface area contributed by atoms with Crippen LogP contribution in [0.25, 0.3) is 11.0 Å². The van der Waals surface area contributed by atoms with Crippen LogP contribution in [0.3, 0.4) is 0 Å². The normalized spacial score (nSPS) is 12.6. The average molecular weight is 351 g/mol. The van der Waals surface area contributed by atoms with Gasteiger partial charge in [-0.25, -0.2) is 4.39 Å². The highest BCUT2D eigenvalue weighted by atomic mass is 79.9. The van der Waals surface area contributed by atoms with E-state index in [2.05, 4.69) is 15.9 Å². The highest BCUT2D eigenvalue weighted by molar-refractivity contribution is 9.10. The van der Waals surface area contributed by atoms with Crippen LogP contribution in [0.5, 0.6) is 5.75 Å². The summed E-state index contributed by atoms with van der Waals surface area (Å²) < 4.78 is 24.9. The number of fused-ring (bicyclic) bond motifs is 1. The monoisotopic (exact) mass is 350 g/mol. The zero-order chi connectivity index (χ0) is 15.0. The molecule has 108 valence electrons. The van der Waals surface area contributed by atoms with Crippen LogP contribution in [-0.4, -0.2) is 12.2 Å². The number of aliphatic hydroxyl groups excluding tert-OH is 1. The topological polar surface area (TPSA) is 42.6 Å². The van der Waals surface area contributed by atoms with Crippen LogP contribution in [-0.2, 0) is 0 Å². The second-order valence-corrected chi connectivity index (χ2v) is 5.46. The lowest BCUT2D eigenvalue weighted by Crippen LogP contribution is -1.98. The third-order valence-corrected chi connectivity index (χ3v) is 3.90. The first-order chi connectivity index (χ1) is 10.1. The van der Waals surface area contributed by atoms with Gasteiger partial charge in [-0.15, -0.1) is 0 Å². The summed E-state index contributed by atoms with van der Waals surface area (Å²) in [5.74, 6) is 0.524. The summed E-state index contributed by atoms with van der Waals surface area (Å²) in [7, 11) is 1.57. The molecule has 0 aliphatic heterocycles. The highest BCUT2D eigenvalue weighted by Gasteiger charge is 2.18. The molecule has 5 heteroatoms. The van der Waals surface area contributed by atoms with Gasteiger partial charge in [-0.05, 0) is 45.8 Å². The molecule has 0 radical (unpaired) electrons. The molecule has 0 spiro atoms. The Bertz CT molecular complexity index is 797. The third-order valence-electron chi connectivity index (χ3n) is 3.28. The molecular formula is C16H12BrFO3. The number of halogens is 2. The lowest BCUT2D eigenvalue weighted by atomic mass is 10.1. The van der Waals surface area contributed by atoms with E-state index in [-0.39, 0.29) is 5.58 Å². The molecule has 1 atom stereocenters. The number of hydrogen-bond acceptors (Lipinski definition) is 3. The van der Waals surface area contributed by atoms with Gasteiger partial charge in [0.15, 0.2) is 11.4 Å². The van der Waals surface area contributed by atoms with Crippen molar-refractivity contribution in [1.29, 1.82) is 0 Å². The van der Waals surface area contributed by atoms with Crippen molar-refractivity contribution in [3.8, 4) is 5.75 Å². The lowest BCUT2D eigenvalue weighted by Gasteiger charge is -2.10. The number of benzene rings is 2. The Morgan fingerprint density at radius 1 is 1.24 bits per heavy atom. The molecule has 0 aliphatic rings. The van der Waals surface area contributed by atoms with E-state index in [9.17, 15) is 9.50 Å². The van der Waals surface area contributed by atoms with Crippen molar-refractivity contribution in [2.24, 2.45) is 0 Å². The van der Waals surface area contributed by atoms with Crippen LogP contribution in [0.15, 0.2) is 51.4 Å². The van der Waals surface area contributed by atoms with E-state index >= 15 is 0 Å². The number of ether oxygens (including phenoxy) is 1. The minimum absolute atomic E-state index is 0.152. The van der Waals surface area contributed by atoms with Gasteiger partial charge in [0, 0.05) is 5.39 Å². The van der Waals surface area contributed by atoms with E-state index in [1.165, 1.54) is 6.07 Å². The number of para-hydroxylation sites is 1. The Hall–Kier alpha value is -1.85. The lowest BCUT2D eigenvalue weighted by molar-refractivity contribution is 0.191. The Labute approximate surface area is 129 Å². The second kappa shape index (κ2) is 5.50. The van der Waals surface area contributed by atoms with Crippen molar-refractivity contribution in [3.63, 3.8) is 0 Å². The van der Waals surface area contributed by atoms with Crippen molar-refractivity contribution >= 4 is 26.9 Å². The van der Waals surface area contributed by atoms with Crippen LogP contribution in [0, 0.1) is 5.82 Å². The smallest absolute Gasteiger partial charge is 0.170 e. The molecule has 0 bridgehead atoms. The van der Waals surface area contributed by atoms with Gasteiger partial charge in [0.1, 0.15) is 17.6 Å². The average Bonchev–Trinajstić information content (AvgIpc) is 2.92. The molecule has 21 heavy (non-hydrogen) atoms. The second-order valence-electron chi connectivity index (χ2n) is 4.60. The molecule has 3 nitrogen and oxygen atoms in total. The maximum atomic E-state index is 13.6. The van der Waals surface area contributed by atoms with E-state index in [0.29, 0.717) is 22.5 Å². The fraction of sp³-hybridized carbons (Fsp3) is 0.125. The Morgan fingerprint density at radius 3 is 2.71 bits per heavy atom. The molecule has 0 amide bonds. The Balaban J connectivity index is 2.01. The van der Waals surface area contributed by atoms with Crippen LogP contribution in [0.4, 0.5) is 4.39 Å². The SMILES string of the molecule is COc1ccc(C(O)c2cc3cccc(F)c3o2)cc1Br. The standard InChI is InChI=1S/C16H12BrFO3/c1-20-13-6-5-9(7-11(13)17)15(19)14-8-10-3-2-4-12(18)16(10)21-14/h2-8,15,19H,1H3. The zero-order valence-corrected chi connectivity index (χ0v) is 12.7. The van der Waals surface area contributed by atoms with Crippen molar-refractivity contribution < 1.29 is 18.7 Å². The summed E-state index contributed by atoms with van der Waals surface area (Å²) in [4.78, 5) is 0. The van der Waals surface area contributed by atoms with Crippen molar-refractivity contribution in [3.05, 3.63) is 64.1 Å². The first-order valence-electron chi connectivity index (χ1n) is 6.29. The molecule has 3 rings (SSSR count). The first kappa shape index (κ1) is 14.1. The van der Waals surface area contributed by atoms with E-state index in [0.717, 1.165) is 4.47 Å². The predicted molar refractivity (Wildman–Crippen MR) is 80.9 cm³/mol. The summed E-state index contributed by atoms with van der Waals surface area (Å²) >= 11 is 3.37. The minimum Gasteiger partial charge on any atom is -0.496 e. The molecule has 1 unspecified atom stereocenters. The quantitative estimate of drug-likeness (QED) is 0.759. The van der Waals surface area contributed by atoms with Crippen molar-refractivity contribution in [1.82, 2.24) is 0 Å². The zero-order valence-electron chi connectivity index (χ0n) is 11.1. The number of aliphatic hydroxyl groups is 1. The largest absolute Gasteiger partial charge is 0.496 e. The minimum atomic E-state index is -0.973. The highest BCUT2D eigenvalue weighted by Crippen LogP contribution is 2.33. The molecule has 3 aromatic rings. The van der Waals surface area contributed by atoms with Crippen LogP contribution in [0.2, 0.25) is 0 Å². The van der Waals surface area contributed by atoms with Crippen molar-refractivity contribution in [2.75, 3.05) is 7.11 Å². The van der Waals surface area contributed by atoms with Gasteiger partial charge in [-0.1, -0.05) is 18.2 Å². The molecule has 1 heterocycles. The molecule has 0 saturated heterocycles. The number of hydrogen-bond donors (Lipinski definition) is 1. The first-order valence-corrected chi connectivity index (χ1v) is 7.09. The Morgan fingerprint density at radius 2 is 2.05 bits per heavy atom. The number of furan rings is 1. The fourth-order valence-electron chi connectivity index (χ4n) is 2.20. The van der Waals surface area contributed by atoms with Gasteiger partial charge in [-0.2, -0.15) is 0 Å². The molecular weight excluding hydrogens is 339 g/mol. The maximum absolute atomic E-state index is 13.6. The molecule has 1 N–H and O–H groups in total. The number of rotatable bonds is 3. The fourth-order valence-corrected chi connectivity index (χ4v) is 2.76. The Kier molecular flexibility index (Phi) is 3.69. The van der Waals surface area contributed by atoms with E-state index in [1.807, 2.05) is 0 Å². The summed E-state index contributed by atoms with van der Waals surface area (Å²) in [6.45, 7) is 0. The molecule has 2 aromatic carbocycles. The van der Waals surface area contributed by atoms with Gasteiger partial charge in [0.2, 0.25) is 0 Å². The predicted octanol–water partition coefficient (Wildman–Crippen LogP) is 4.42. The molecule has 1 aromatic heterocycles. The van der Waals surface area contributed by atoms with E-state index < -0.39 is 11.9 Å². The third kappa shape index (κ3) is 2.54. The van der Waals surface area contributed by atoms with E-state index in [1.54, 1.807) is 43.5 Å². The summed E-state index contributed by atoms with van der Waals surface area (Å²) in [6, 6.07) is 11.5. The van der Waals surface area contributed by atoms with Gasteiger partial charge in [0.25, 0.3) is 0 Å². The van der Waals surface area contributed by atoms with E-state index in [4.69, 9.17) is 9.15 Å². The summed E-state index contributed by atoms with van der Waals surface area (Å²) in [5.41, 5.74) is 0.779. The van der Waals surface area contributed by atoms with Crippen molar-refractivity contribution in [2.45, 2.75) is 6.10 Å². The van der Waals surface area contributed by atoms with Crippen LogP contribution < -0.4 is 4.74 Å². The molecule has 0 aliphatic carbocycles. The summed E-state index contributed by atoms with van der Waals surface area (Å²) in [6.07, 6.45) is -0.973. The number of methoxy groups -OCH3 is 1. The summed E-state index contributed by atoms with van der Waals surface area (Å²) in [5, 5.41) is 11.0.